The van der Waals surface area contributed by atoms with Gasteiger partial charge in [-0.15, -0.1) is 0 Å². The Hall–Kier alpha value is -0.130. The van der Waals surface area contributed by atoms with Crippen LogP contribution in [0.15, 0.2) is 0 Å². The van der Waals surface area contributed by atoms with E-state index in [1.54, 1.807) is 27.8 Å². The molecule has 1 fully saturated rings. The maximum atomic E-state index is 12.0. The highest BCUT2D eigenvalue weighted by molar-refractivity contribution is 7.90. The maximum absolute atomic E-state index is 12.0. The zero-order chi connectivity index (χ0) is 11.9. The SMILES string of the molecule is CN(CC1CC(O)C1)S(=O)(=O)C(C)(C)C. The minimum atomic E-state index is -3.21. The van der Waals surface area contributed by atoms with E-state index in [2.05, 4.69) is 0 Å². The van der Waals surface area contributed by atoms with Crippen LogP contribution in [0.25, 0.3) is 0 Å². The molecule has 5 heteroatoms. The second-order valence-electron chi connectivity index (χ2n) is 5.39. The van der Waals surface area contributed by atoms with Gasteiger partial charge in [-0.2, -0.15) is 0 Å². The van der Waals surface area contributed by atoms with E-state index in [9.17, 15) is 8.42 Å². The van der Waals surface area contributed by atoms with Gasteiger partial charge in [0.25, 0.3) is 0 Å². The molecule has 0 bridgehead atoms. The molecule has 4 nitrogen and oxygen atoms in total. The Morgan fingerprint density at radius 3 is 2.13 bits per heavy atom. The lowest BCUT2D eigenvalue weighted by Gasteiger charge is -2.36. The van der Waals surface area contributed by atoms with Crippen LogP contribution in [0, 0.1) is 5.92 Å². The number of aliphatic hydroxyl groups excluding tert-OH is 1. The van der Waals surface area contributed by atoms with E-state index in [0.717, 1.165) is 12.8 Å². The monoisotopic (exact) mass is 235 g/mol. The van der Waals surface area contributed by atoms with E-state index in [4.69, 9.17) is 5.11 Å². The summed E-state index contributed by atoms with van der Waals surface area (Å²) in [5, 5.41) is 9.13. The zero-order valence-corrected chi connectivity index (χ0v) is 10.7. The van der Waals surface area contributed by atoms with Crippen LogP contribution in [0.4, 0.5) is 0 Å². The minimum Gasteiger partial charge on any atom is -0.393 e. The molecule has 0 saturated heterocycles. The molecule has 15 heavy (non-hydrogen) atoms. The van der Waals surface area contributed by atoms with Crippen molar-refractivity contribution in [2.45, 2.75) is 44.5 Å². The highest BCUT2D eigenvalue weighted by atomic mass is 32.2. The molecule has 0 aromatic carbocycles. The lowest BCUT2D eigenvalue weighted by atomic mass is 9.82. The molecule has 1 rings (SSSR count). The minimum absolute atomic E-state index is 0.222. The Balaban J connectivity index is 2.57. The molecule has 1 aliphatic carbocycles. The fourth-order valence-electron chi connectivity index (χ4n) is 1.78. The normalized spacial score (nSPS) is 27.9. The van der Waals surface area contributed by atoms with Gasteiger partial charge in [0.2, 0.25) is 10.0 Å². The van der Waals surface area contributed by atoms with Crippen molar-refractivity contribution in [1.29, 1.82) is 0 Å². The second-order valence-corrected chi connectivity index (χ2v) is 8.19. The van der Waals surface area contributed by atoms with Gasteiger partial charge in [-0.05, 0) is 39.5 Å². The van der Waals surface area contributed by atoms with Crippen molar-refractivity contribution < 1.29 is 13.5 Å². The van der Waals surface area contributed by atoms with Crippen molar-refractivity contribution in [1.82, 2.24) is 4.31 Å². The summed E-state index contributed by atoms with van der Waals surface area (Å²) in [5.41, 5.74) is 0. The average molecular weight is 235 g/mol. The highest BCUT2D eigenvalue weighted by Crippen LogP contribution is 2.29. The van der Waals surface area contributed by atoms with Crippen molar-refractivity contribution in [2.24, 2.45) is 5.92 Å². The van der Waals surface area contributed by atoms with Crippen molar-refractivity contribution in [3.8, 4) is 0 Å². The van der Waals surface area contributed by atoms with Crippen molar-refractivity contribution in [2.75, 3.05) is 13.6 Å². The Bertz CT molecular complexity index is 312. The van der Waals surface area contributed by atoms with Gasteiger partial charge in [0.15, 0.2) is 0 Å². The predicted molar refractivity (Wildman–Crippen MR) is 60.0 cm³/mol. The molecule has 0 atom stereocenters. The molecule has 1 N–H and O–H groups in total. The third-order valence-electron chi connectivity index (χ3n) is 2.91. The molecule has 90 valence electrons. The predicted octanol–water partition coefficient (Wildman–Crippen LogP) is 0.817. The summed E-state index contributed by atoms with van der Waals surface area (Å²) in [6, 6.07) is 0. The lowest BCUT2D eigenvalue weighted by Crippen LogP contribution is -2.45. The number of aliphatic hydroxyl groups is 1. The third kappa shape index (κ3) is 2.71. The number of hydrogen-bond acceptors (Lipinski definition) is 3. The largest absolute Gasteiger partial charge is 0.393 e. The van der Waals surface area contributed by atoms with Crippen molar-refractivity contribution in [3.05, 3.63) is 0 Å². The van der Waals surface area contributed by atoms with Gasteiger partial charge in [-0.1, -0.05) is 0 Å². The number of sulfonamides is 1. The molecule has 0 aromatic rings. The van der Waals surface area contributed by atoms with Crippen LogP contribution in [0.2, 0.25) is 0 Å². The van der Waals surface area contributed by atoms with Crippen LogP contribution in [0.3, 0.4) is 0 Å². The van der Waals surface area contributed by atoms with Crippen molar-refractivity contribution >= 4 is 10.0 Å². The Morgan fingerprint density at radius 1 is 1.33 bits per heavy atom. The van der Waals surface area contributed by atoms with Gasteiger partial charge >= 0.3 is 0 Å². The maximum Gasteiger partial charge on any atom is 0.218 e. The zero-order valence-electron chi connectivity index (χ0n) is 9.90. The molecular formula is C10H21NO3S. The van der Waals surface area contributed by atoms with Gasteiger partial charge in [0.05, 0.1) is 10.9 Å². The molecule has 0 unspecified atom stereocenters. The Morgan fingerprint density at radius 2 is 1.80 bits per heavy atom. The lowest BCUT2D eigenvalue weighted by molar-refractivity contribution is 0.0366. The van der Waals surface area contributed by atoms with E-state index in [1.807, 2.05) is 0 Å². The van der Waals surface area contributed by atoms with Gasteiger partial charge in [0, 0.05) is 13.6 Å². The van der Waals surface area contributed by atoms with Crippen LogP contribution in [-0.4, -0.2) is 42.3 Å². The number of hydrogen-bond donors (Lipinski definition) is 1. The first-order valence-corrected chi connectivity index (χ1v) is 6.72. The first-order chi connectivity index (χ1) is 6.64. The summed E-state index contributed by atoms with van der Waals surface area (Å²) in [5.74, 6) is 0.321. The molecule has 0 heterocycles. The standard InChI is InChI=1S/C10H21NO3S/c1-10(2,3)15(13,14)11(4)7-8-5-9(12)6-8/h8-9,12H,5-7H2,1-4H3. The highest BCUT2D eigenvalue weighted by Gasteiger charge is 2.36. The Kier molecular flexibility index (Phi) is 3.48. The van der Waals surface area contributed by atoms with E-state index < -0.39 is 14.8 Å². The van der Waals surface area contributed by atoms with E-state index in [-0.39, 0.29) is 6.10 Å². The molecule has 0 aromatic heterocycles. The quantitative estimate of drug-likeness (QED) is 0.788. The van der Waals surface area contributed by atoms with Gasteiger partial charge in [-0.3, -0.25) is 0 Å². The summed E-state index contributed by atoms with van der Waals surface area (Å²) in [4.78, 5) is 0. The molecule has 0 radical (unpaired) electrons. The second kappa shape index (κ2) is 4.03. The summed E-state index contributed by atoms with van der Waals surface area (Å²) in [6.07, 6.45) is 1.23. The topological polar surface area (TPSA) is 57.6 Å². The summed E-state index contributed by atoms with van der Waals surface area (Å²) < 4.78 is 24.6. The summed E-state index contributed by atoms with van der Waals surface area (Å²) >= 11 is 0. The average Bonchev–Trinajstić information content (AvgIpc) is 1.99. The smallest absolute Gasteiger partial charge is 0.218 e. The van der Waals surface area contributed by atoms with E-state index >= 15 is 0 Å². The van der Waals surface area contributed by atoms with Gasteiger partial charge in [0.1, 0.15) is 0 Å². The van der Waals surface area contributed by atoms with E-state index in [0.29, 0.717) is 12.5 Å². The van der Waals surface area contributed by atoms with Crippen molar-refractivity contribution in [3.63, 3.8) is 0 Å². The first-order valence-electron chi connectivity index (χ1n) is 5.28. The molecular weight excluding hydrogens is 214 g/mol. The molecule has 0 amide bonds. The Labute approximate surface area is 92.3 Å². The number of nitrogens with zero attached hydrogens (tertiary/aromatic N) is 1. The van der Waals surface area contributed by atoms with Gasteiger partial charge < -0.3 is 5.11 Å². The third-order valence-corrected chi connectivity index (χ3v) is 5.43. The number of rotatable bonds is 3. The first kappa shape index (κ1) is 12.9. The van der Waals surface area contributed by atoms with Crippen LogP contribution in [-0.2, 0) is 10.0 Å². The fourth-order valence-corrected chi connectivity index (χ4v) is 3.12. The van der Waals surface area contributed by atoms with Crippen LogP contribution in [0.1, 0.15) is 33.6 Å². The van der Waals surface area contributed by atoms with Gasteiger partial charge in [-0.25, -0.2) is 12.7 Å². The molecule has 0 aliphatic heterocycles. The van der Waals surface area contributed by atoms with E-state index in [1.165, 1.54) is 4.31 Å². The molecule has 1 saturated carbocycles. The van der Waals surface area contributed by atoms with Crippen LogP contribution < -0.4 is 0 Å². The molecule has 0 spiro atoms. The summed E-state index contributed by atoms with van der Waals surface area (Å²) in [6.45, 7) is 5.63. The molecule has 1 aliphatic rings. The fraction of sp³-hybridized carbons (Fsp3) is 1.00. The van der Waals surface area contributed by atoms with Crippen LogP contribution >= 0.6 is 0 Å². The van der Waals surface area contributed by atoms with Crippen LogP contribution in [0.5, 0.6) is 0 Å². The summed E-state index contributed by atoms with van der Waals surface area (Å²) in [7, 11) is -1.60.